The minimum Gasteiger partial charge on any atom is -0.692 e. The average molecular weight is 475 g/mol. The quantitative estimate of drug-likeness (QED) is 0.450. The minimum absolute atomic E-state index is 0.0563. The Morgan fingerprint density at radius 3 is 2.34 bits per heavy atom. The highest BCUT2D eigenvalue weighted by atomic mass is 19.1. The molecule has 9 heteroatoms. The second-order valence-corrected chi connectivity index (χ2v) is 8.65. The van der Waals surface area contributed by atoms with E-state index in [0.717, 1.165) is 33.4 Å². The first-order valence-electron chi connectivity index (χ1n) is 11.2. The van der Waals surface area contributed by atoms with E-state index in [-0.39, 0.29) is 24.0 Å². The largest absolute Gasteiger partial charge is 0.692 e. The third kappa shape index (κ3) is 3.88. The van der Waals surface area contributed by atoms with Crippen LogP contribution in [-0.2, 0) is 0 Å². The molecular formula is C26H24F2N6O. The molecule has 0 aliphatic carbocycles. The number of nitrogens with zero attached hydrogens (tertiary/aromatic N) is 5. The lowest BCUT2D eigenvalue weighted by Crippen LogP contribution is -2.44. The Kier molecular flexibility index (Phi) is 5.47. The number of rotatable bonds is 4. The first-order chi connectivity index (χ1) is 16.7. The Labute approximate surface area is 201 Å². The van der Waals surface area contributed by atoms with Crippen LogP contribution >= 0.6 is 0 Å². The molecule has 2 aromatic carbocycles. The summed E-state index contributed by atoms with van der Waals surface area (Å²) in [5.41, 5.74) is 10.9. The van der Waals surface area contributed by atoms with Gasteiger partial charge in [-0.25, -0.2) is 8.78 Å². The fourth-order valence-corrected chi connectivity index (χ4v) is 4.57. The highest BCUT2D eigenvalue weighted by Gasteiger charge is 2.45. The fraction of sp³-hybridized carbons (Fsp3) is 0.192. The van der Waals surface area contributed by atoms with Crippen molar-refractivity contribution in [2.45, 2.75) is 26.8 Å². The molecule has 2 N–H and O–H groups in total. The summed E-state index contributed by atoms with van der Waals surface area (Å²) in [5, 5.41) is 15.2. The summed E-state index contributed by atoms with van der Waals surface area (Å²) < 4.78 is 28.1. The smallest absolute Gasteiger partial charge is 0.318 e. The number of hydrogen-bond donors (Lipinski definition) is 1. The first kappa shape index (κ1) is 22.5. The number of aromatic nitrogens is 1. The normalized spacial score (nSPS) is 16.5. The van der Waals surface area contributed by atoms with Crippen molar-refractivity contribution >= 4 is 23.1 Å². The first-order valence-corrected chi connectivity index (χ1v) is 11.2. The van der Waals surface area contributed by atoms with Gasteiger partial charge in [-0.15, -0.1) is 0 Å². The van der Waals surface area contributed by atoms with E-state index in [1.807, 2.05) is 56.3 Å². The molecule has 0 amide bonds. The molecule has 178 valence electrons. The van der Waals surface area contributed by atoms with Gasteiger partial charge < -0.3 is 10.9 Å². The highest BCUT2D eigenvalue weighted by molar-refractivity contribution is 6.33. The number of guanidine groups is 1. The van der Waals surface area contributed by atoms with Gasteiger partial charge in [0.05, 0.1) is 11.7 Å². The number of hydrazine groups is 1. The Morgan fingerprint density at radius 1 is 1.00 bits per heavy atom. The zero-order valence-electron chi connectivity index (χ0n) is 19.5. The van der Waals surface area contributed by atoms with Crippen LogP contribution in [0.25, 0.3) is 11.3 Å². The molecule has 2 aliphatic heterocycles. The van der Waals surface area contributed by atoms with Crippen molar-refractivity contribution in [3.05, 3.63) is 106 Å². The molecule has 0 radical (unpaired) electrons. The third-order valence-electron chi connectivity index (χ3n) is 6.20. The Hall–Kier alpha value is -4.27. The van der Waals surface area contributed by atoms with Gasteiger partial charge in [0.25, 0.3) is 5.96 Å². The van der Waals surface area contributed by atoms with Gasteiger partial charge >= 0.3 is 5.84 Å². The number of benzene rings is 2. The van der Waals surface area contributed by atoms with E-state index in [9.17, 15) is 14.0 Å². The van der Waals surface area contributed by atoms with Gasteiger partial charge in [-0.3, -0.25) is 4.98 Å². The summed E-state index contributed by atoms with van der Waals surface area (Å²) in [5.74, 6) is -0.956. The number of aliphatic imine (C=N–C) groups is 1. The standard InChI is InChI=1S/C26H24F2N6O/c1-15-11-19(12-16(2)30-15)23-24(18-7-5-4-6-8-18)31-26(29)32-14-33(34(35)25(23)32)17(3)21-10-9-20(27)13-22(21)28/h4-13,17H,14H2,1-3H3,(H2,29,31). The number of aryl methyl sites for hydroxylation is 2. The number of hydrazone groups is 1. The summed E-state index contributed by atoms with van der Waals surface area (Å²) in [4.78, 5) is 11.5. The molecule has 1 unspecified atom stereocenters. The summed E-state index contributed by atoms with van der Waals surface area (Å²) >= 11 is 0. The number of halogens is 2. The number of fused-ring (bicyclic) bond motifs is 1. The van der Waals surface area contributed by atoms with Crippen LogP contribution in [0.4, 0.5) is 8.78 Å². The molecule has 0 spiro atoms. The second kappa shape index (κ2) is 8.50. The van der Waals surface area contributed by atoms with E-state index >= 15 is 0 Å². The Bertz CT molecular complexity index is 1400. The number of nitrogens with two attached hydrogens (primary N) is 1. The lowest BCUT2D eigenvalue weighted by molar-refractivity contribution is -0.636. The maximum atomic E-state index is 14.6. The predicted octanol–water partition coefficient (Wildman–Crippen LogP) is 4.33. The molecule has 1 aromatic heterocycles. The molecule has 0 saturated carbocycles. The van der Waals surface area contributed by atoms with Crippen LogP contribution in [-0.4, -0.2) is 38.2 Å². The molecule has 2 aliphatic rings. The zero-order chi connectivity index (χ0) is 24.9. The van der Waals surface area contributed by atoms with E-state index in [0.29, 0.717) is 11.3 Å². The van der Waals surface area contributed by atoms with Crippen LogP contribution in [0.2, 0.25) is 0 Å². The molecule has 1 atom stereocenters. The summed E-state index contributed by atoms with van der Waals surface area (Å²) in [6, 6.07) is 15.9. The molecule has 35 heavy (non-hydrogen) atoms. The Morgan fingerprint density at radius 2 is 1.69 bits per heavy atom. The summed E-state index contributed by atoms with van der Waals surface area (Å²) in [6.07, 6.45) is 0. The SMILES string of the molecule is Cc1cc(C2=C(c3ccccc3)N=C(N)N3CN(C(C)c4ccc(F)cc4F)[N+]([O-])=C23)cc(C)n1. The monoisotopic (exact) mass is 474 g/mol. The summed E-state index contributed by atoms with van der Waals surface area (Å²) in [7, 11) is 0. The number of hydrogen-bond acceptors (Lipinski definition) is 6. The highest BCUT2D eigenvalue weighted by Crippen LogP contribution is 2.37. The van der Waals surface area contributed by atoms with E-state index < -0.39 is 17.7 Å². The van der Waals surface area contributed by atoms with Gasteiger partial charge in [0.1, 0.15) is 17.2 Å². The molecule has 0 bridgehead atoms. The fourth-order valence-electron chi connectivity index (χ4n) is 4.57. The molecule has 5 rings (SSSR count). The topological polar surface area (TPSA) is 83.8 Å². The molecule has 0 fully saturated rings. The van der Waals surface area contributed by atoms with Crippen LogP contribution in [0.3, 0.4) is 0 Å². The number of pyridine rings is 1. The second-order valence-electron chi connectivity index (χ2n) is 8.65. The van der Waals surface area contributed by atoms with Crippen LogP contribution in [0, 0.1) is 30.7 Å². The lowest BCUT2D eigenvalue weighted by atomic mass is 9.96. The minimum atomic E-state index is -0.719. The molecular weight excluding hydrogens is 450 g/mol. The molecule has 3 heterocycles. The van der Waals surface area contributed by atoms with Crippen LogP contribution in [0.1, 0.15) is 41.0 Å². The average Bonchev–Trinajstić information content (AvgIpc) is 3.16. The van der Waals surface area contributed by atoms with Gasteiger partial charge in [0, 0.05) is 28.6 Å². The van der Waals surface area contributed by atoms with Crippen molar-refractivity contribution in [3.63, 3.8) is 0 Å². The van der Waals surface area contributed by atoms with Crippen molar-refractivity contribution in [3.8, 4) is 0 Å². The van der Waals surface area contributed by atoms with E-state index in [1.165, 1.54) is 17.1 Å². The lowest BCUT2D eigenvalue weighted by Gasteiger charge is -2.26. The van der Waals surface area contributed by atoms with Crippen LogP contribution in [0.15, 0.2) is 65.7 Å². The molecule has 7 nitrogen and oxygen atoms in total. The maximum absolute atomic E-state index is 14.6. The van der Waals surface area contributed by atoms with Crippen LogP contribution < -0.4 is 5.73 Å². The Balaban J connectivity index is 1.72. The van der Waals surface area contributed by atoms with Crippen molar-refractivity contribution < 1.29 is 13.6 Å². The maximum Gasteiger partial charge on any atom is 0.318 e. The van der Waals surface area contributed by atoms with Gasteiger partial charge in [0.2, 0.25) is 0 Å². The predicted molar refractivity (Wildman–Crippen MR) is 131 cm³/mol. The van der Waals surface area contributed by atoms with Crippen molar-refractivity contribution in [2.24, 2.45) is 10.7 Å². The van der Waals surface area contributed by atoms with Gasteiger partial charge in [0.15, 0.2) is 6.67 Å². The molecule has 3 aromatic rings. The summed E-state index contributed by atoms with van der Waals surface area (Å²) in [6.45, 7) is 5.52. The third-order valence-corrected chi connectivity index (χ3v) is 6.20. The number of amidine groups is 1. The van der Waals surface area contributed by atoms with Crippen molar-refractivity contribution in [1.29, 1.82) is 0 Å². The van der Waals surface area contributed by atoms with Crippen LogP contribution in [0.5, 0.6) is 0 Å². The van der Waals surface area contributed by atoms with Crippen molar-refractivity contribution in [1.82, 2.24) is 14.9 Å². The van der Waals surface area contributed by atoms with E-state index in [4.69, 9.17) is 5.73 Å². The van der Waals surface area contributed by atoms with E-state index in [1.54, 1.807) is 11.8 Å². The molecule has 0 saturated heterocycles. The zero-order valence-corrected chi connectivity index (χ0v) is 19.5. The van der Waals surface area contributed by atoms with E-state index in [2.05, 4.69) is 9.98 Å². The van der Waals surface area contributed by atoms with Gasteiger partial charge in [-0.05, 0) is 44.5 Å². The van der Waals surface area contributed by atoms with Gasteiger partial charge in [-0.1, -0.05) is 36.4 Å². The van der Waals surface area contributed by atoms with Crippen molar-refractivity contribution in [2.75, 3.05) is 6.67 Å². The van der Waals surface area contributed by atoms with Gasteiger partial charge in [-0.2, -0.15) is 19.7 Å².